The molecule has 0 heterocycles. The van der Waals surface area contributed by atoms with E-state index in [1.807, 2.05) is 0 Å². The Hall–Kier alpha value is 0.137. The van der Waals surface area contributed by atoms with E-state index in [-0.39, 0.29) is 11.1 Å². The lowest BCUT2D eigenvalue weighted by Gasteiger charge is -2.42. The van der Waals surface area contributed by atoms with Gasteiger partial charge in [0.25, 0.3) is 0 Å². The lowest BCUT2D eigenvalue weighted by molar-refractivity contribution is -0.0353. The van der Waals surface area contributed by atoms with Crippen LogP contribution in [0, 0.1) is 23.7 Å². The highest BCUT2D eigenvalue weighted by molar-refractivity contribution is 6.74. The van der Waals surface area contributed by atoms with E-state index in [0.29, 0.717) is 23.7 Å². The molecule has 0 aliphatic heterocycles. The van der Waals surface area contributed by atoms with Gasteiger partial charge in [0.1, 0.15) is 0 Å². The summed E-state index contributed by atoms with van der Waals surface area (Å²) in [6.45, 7) is 19.1. The number of rotatable bonds is 5. The highest BCUT2D eigenvalue weighted by Crippen LogP contribution is 2.40. The third-order valence-corrected chi connectivity index (χ3v) is 10.7. The molecule has 4 atom stereocenters. The first-order chi connectivity index (χ1) is 9.47. The monoisotopic (exact) mass is 314 g/mol. The van der Waals surface area contributed by atoms with E-state index in [1.165, 1.54) is 12.8 Å². The zero-order chi connectivity index (χ0) is 16.4. The molecule has 0 aromatic carbocycles. The molecule has 0 aromatic heterocycles. The Labute approximate surface area is 133 Å². The van der Waals surface area contributed by atoms with Gasteiger partial charge in [-0.3, -0.25) is 0 Å². The van der Waals surface area contributed by atoms with Crippen LogP contribution in [0.5, 0.6) is 0 Å². The summed E-state index contributed by atoms with van der Waals surface area (Å²) in [6, 6.07) is 0. The molecule has 0 radical (unpaired) electrons. The SMILES string of the molecule is CC(C)[C@@H]1CC[C@@H](C)[C@H](CCO[Si](C)(C)C(C)(C)C)[C@@H]1O. The van der Waals surface area contributed by atoms with Crippen molar-refractivity contribution in [1.82, 2.24) is 0 Å². The molecule has 0 amide bonds. The van der Waals surface area contributed by atoms with Crippen molar-refractivity contribution < 1.29 is 9.53 Å². The van der Waals surface area contributed by atoms with Crippen LogP contribution in [0.3, 0.4) is 0 Å². The molecule has 1 rings (SSSR count). The lowest BCUT2D eigenvalue weighted by Crippen LogP contribution is -2.43. The van der Waals surface area contributed by atoms with Crippen LogP contribution in [0.2, 0.25) is 18.1 Å². The van der Waals surface area contributed by atoms with Crippen LogP contribution in [0.1, 0.15) is 60.8 Å². The Bertz CT molecular complexity index is 320. The van der Waals surface area contributed by atoms with Gasteiger partial charge in [-0.2, -0.15) is 0 Å². The molecule has 0 bridgehead atoms. The summed E-state index contributed by atoms with van der Waals surface area (Å²) >= 11 is 0. The maximum Gasteiger partial charge on any atom is 0.191 e. The third kappa shape index (κ3) is 4.80. The molecule has 126 valence electrons. The largest absolute Gasteiger partial charge is 0.417 e. The van der Waals surface area contributed by atoms with Crippen molar-refractivity contribution in [3.63, 3.8) is 0 Å². The smallest absolute Gasteiger partial charge is 0.191 e. The molecule has 3 heteroatoms. The number of hydrogen-bond donors (Lipinski definition) is 1. The van der Waals surface area contributed by atoms with Crippen LogP contribution in [-0.4, -0.2) is 26.1 Å². The van der Waals surface area contributed by atoms with Gasteiger partial charge >= 0.3 is 0 Å². The fourth-order valence-electron chi connectivity index (χ4n) is 3.34. The van der Waals surface area contributed by atoms with Crippen LogP contribution >= 0.6 is 0 Å². The summed E-state index contributed by atoms with van der Waals surface area (Å²) in [5.41, 5.74) is 0. The summed E-state index contributed by atoms with van der Waals surface area (Å²) < 4.78 is 6.32. The summed E-state index contributed by atoms with van der Waals surface area (Å²) in [5, 5.41) is 11.0. The molecule has 0 spiro atoms. The van der Waals surface area contributed by atoms with E-state index < -0.39 is 8.32 Å². The standard InChI is InChI=1S/C18H38O2Si/c1-13(2)15-10-9-14(3)16(17(15)19)11-12-20-21(7,8)18(4,5)6/h13-17,19H,9-12H2,1-8H3/t14-,15+,16+,17-/m1/s1. The molecule has 2 nitrogen and oxygen atoms in total. The number of hydrogen-bond acceptors (Lipinski definition) is 2. The van der Waals surface area contributed by atoms with Gasteiger partial charge in [0.05, 0.1) is 6.10 Å². The topological polar surface area (TPSA) is 29.5 Å². The maximum absolute atomic E-state index is 10.7. The van der Waals surface area contributed by atoms with Crippen molar-refractivity contribution >= 4 is 8.32 Å². The molecule has 1 N–H and O–H groups in total. The molecule has 1 saturated carbocycles. The molecule has 0 saturated heterocycles. The Morgan fingerprint density at radius 2 is 1.76 bits per heavy atom. The van der Waals surface area contributed by atoms with Crippen molar-refractivity contribution in [2.45, 2.75) is 85.0 Å². The minimum absolute atomic E-state index is 0.142. The first kappa shape index (κ1) is 19.2. The van der Waals surface area contributed by atoms with Crippen LogP contribution < -0.4 is 0 Å². The highest BCUT2D eigenvalue weighted by Gasteiger charge is 2.39. The second-order valence-electron chi connectivity index (χ2n) is 9.01. The Morgan fingerprint density at radius 1 is 1.19 bits per heavy atom. The molecule has 1 aliphatic carbocycles. The summed E-state index contributed by atoms with van der Waals surface area (Å²) in [4.78, 5) is 0. The minimum atomic E-state index is -1.65. The van der Waals surface area contributed by atoms with Crippen molar-refractivity contribution in [3.8, 4) is 0 Å². The van der Waals surface area contributed by atoms with Crippen LogP contribution in [0.15, 0.2) is 0 Å². The van der Waals surface area contributed by atoms with Crippen LogP contribution in [0.4, 0.5) is 0 Å². The lowest BCUT2D eigenvalue weighted by atomic mass is 9.68. The summed E-state index contributed by atoms with van der Waals surface area (Å²) in [6.07, 6.45) is 3.30. The second-order valence-corrected chi connectivity index (χ2v) is 13.8. The van der Waals surface area contributed by atoms with Gasteiger partial charge in [-0.1, -0.05) is 41.5 Å². The molecule has 1 fully saturated rings. The molecule has 0 aromatic rings. The highest BCUT2D eigenvalue weighted by atomic mass is 28.4. The normalized spacial score (nSPS) is 31.7. The molecule has 21 heavy (non-hydrogen) atoms. The van der Waals surface area contributed by atoms with Crippen molar-refractivity contribution in [2.75, 3.05) is 6.61 Å². The zero-order valence-electron chi connectivity index (χ0n) is 15.6. The predicted octanol–water partition coefficient (Wildman–Crippen LogP) is 5.08. The van der Waals surface area contributed by atoms with E-state index in [4.69, 9.17) is 4.43 Å². The fourth-order valence-corrected chi connectivity index (χ4v) is 4.41. The van der Waals surface area contributed by atoms with Gasteiger partial charge < -0.3 is 9.53 Å². The predicted molar refractivity (Wildman–Crippen MR) is 94.0 cm³/mol. The van der Waals surface area contributed by atoms with Crippen molar-refractivity contribution in [3.05, 3.63) is 0 Å². The maximum atomic E-state index is 10.7. The average Bonchev–Trinajstić information content (AvgIpc) is 2.31. The second kappa shape index (κ2) is 7.14. The molecule has 1 aliphatic rings. The van der Waals surface area contributed by atoms with Crippen molar-refractivity contribution in [2.24, 2.45) is 23.7 Å². The average molecular weight is 315 g/mol. The Kier molecular flexibility index (Phi) is 6.52. The van der Waals surface area contributed by atoms with Gasteiger partial charge in [-0.15, -0.1) is 0 Å². The van der Waals surface area contributed by atoms with E-state index in [2.05, 4.69) is 54.6 Å². The Balaban J connectivity index is 2.57. The van der Waals surface area contributed by atoms with E-state index in [9.17, 15) is 5.11 Å². The van der Waals surface area contributed by atoms with Crippen molar-refractivity contribution in [1.29, 1.82) is 0 Å². The van der Waals surface area contributed by atoms with E-state index >= 15 is 0 Å². The fraction of sp³-hybridized carbons (Fsp3) is 1.00. The first-order valence-corrected chi connectivity index (χ1v) is 11.7. The molecular weight excluding hydrogens is 276 g/mol. The molecule has 0 unspecified atom stereocenters. The van der Waals surface area contributed by atoms with E-state index in [1.54, 1.807) is 0 Å². The van der Waals surface area contributed by atoms with Gasteiger partial charge in [0.15, 0.2) is 8.32 Å². The Morgan fingerprint density at radius 3 is 2.24 bits per heavy atom. The van der Waals surface area contributed by atoms with Gasteiger partial charge in [0, 0.05) is 6.61 Å². The third-order valence-electron chi connectivity index (χ3n) is 6.14. The van der Waals surface area contributed by atoms with Crippen LogP contribution in [-0.2, 0) is 4.43 Å². The van der Waals surface area contributed by atoms with Gasteiger partial charge in [-0.05, 0) is 61.1 Å². The number of aliphatic hydroxyl groups is 1. The van der Waals surface area contributed by atoms with Gasteiger partial charge in [-0.25, -0.2) is 0 Å². The van der Waals surface area contributed by atoms with Crippen LogP contribution in [0.25, 0.3) is 0 Å². The minimum Gasteiger partial charge on any atom is -0.417 e. The first-order valence-electron chi connectivity index (χ1n) is 8.79. The van der Waals surface area contributed by atoms with Gasteiger partial charge in [0.2, 0.25) is 0 Å². The zero-order valence-corrected chi connectivity index (χ0v) is 16.6. The number of aliphatic hydroxyl groups excluding tert-OH is 1. The molecular formula is C18H38O2Si. The quantitative estimate of drug-likeness (QED) is 0.717. The summed E-state index contributed by atoms with van der Waals surface area (Å²) in [7, 11) is -1.65. The summed E-state index contributed by atoms with van der Waals surface area (Å²) in [5.74, 6) is 2.09. The van der Waals surface area contributed by atoms with E-state index in [0.717, 1.165) is 13.0 Å².